The van der Waals surface area contributed by atoms with Gasteiger partial charge in [-0.05, 0) is 38.7 Å². The van der Waals surface area contributed by atoms with E-state index in [2.05, 4.69) is 16.8 Å². The van der Waals surface area contributed by atoms with Gasteiger partial charge in [-0.3, -0.25) is 10.1 Å². The molecule has 1 saturated heterocycles. The fourth-order valence-corrected chi connectivity index (χ4v) is 3.51. The summed E-state index contributed by atoms with van der Waals surface area (Å²) in [4.78, 5) is 17.8. The van der Waals surface area contributed by atoms with Gasteiger partial charge in [0, 0.05) is 42.5 Å². The van der Waals surface area contributed by atoms with Crippen LogP contribution in [0.4, 0.5) is 11.4 Å². The van der Waals surface area contributed by atoms with Crippen LogP contribution in [0, 0.1) is 17.0 Å². The van der Waals surface area contributed by atoms with Crippen LogP contribution in [0.5, 0.6) is 0 Å². The maximum Gasteiger partial charge on any atom is 0.295 e. The fraction of sp³-hybridized carbons (Fsp3) is 0.526. The predicted octanol–water partition coefficient (Wildman–Crippen LogP) is 4.24. The van der Waals surface area contributed by atoms with E-state index < -0.39 is 0 Å². The summed E-state index contributed by atoms with van der Waals surface area (Å²) in [5.41, 5.74) is 2.40. The van der Waals surface area contributed by atoms with Gasteiger partial charge in [0.2, 0.25) is 0 Å². The molecule has 1 aliphatic rings. The average molecular weight is 343 g/mol. The Balaban J connectivity index is 1.93. The molecular formula is C19H25N3O3. The molecule has 1 aromatic heterocycles. The van der Waals surface area contributed by atoms with E-state index in [1.165, 1.54) is 6.07 Å². The molecular weight excluding hydrogens is 318 g/mol. The number of benzene rings is 1. The average Bonchev–Trinajstić information content (AvgIpc) is 2.84. The molecule has 0 bridgehead atoms. The third kappa shape index (κ3) is 3.90. The van der Waals surface area contributed by atoms with Crippen molar-refractivity contribution in [1.29, 1.82) is 0 Å². The number of rotatable bonds is 5. The number of hydrogen-bond donors (Lipinski definition) is 0. The van der Waals surface area contributed by atoms with E-state index in [0.29, 0.717) is 11.6 Å². The molecule has 2 heterocycles. The summed E-state index contributed by atoms with van der Waals surface area (Å²) in [6.07, 6.45) is 4.47. The molecule has 0 radical (unpaired) electrons. The van der Waals surface area contributed by atoms with Crippen LogP contribution in [0.3, 0.4) is 0 Å². The zero-order chi connectivity index (χ0) is 17.8. The standard InChI is InChI=1S/C19H25N3O3/c1-3-12-25-15-6-5-10-21(11-9-15)18-13-14(2)20-19-16(18)7-4-8-17(19)22(23)24/h4,7-8,13,15H,3,5-6,9-12H2,1-2H3. The van der Waals surface area contributed by atoms with Gasteiger partial charge in [0.05, 0.1) is 11.0 Å². The van der Waals surface area contributed by atoms with Crippen LogP contribution in [0.2, 0.25) is 0 Å². The maximum absolute atomic E-state index is 11.3. The van der Waals surface area contributed by atoms with Crippen LogP contribution < -0.4 is 4.90 Å². The molecule has 3 rings (SSSR count). The van der Waals surface area contributed by atoms with Crippen LogP contribution in [-0.2, 0) is 4.74 Å². The Kier molecular flexibility index (Phi) is 5.48. The second kappa shape index (κ2) is 7.78. The van der Waals surface area contributed by atoms with Crippen LogP contribution in [-0.4, -0.2) is 35.7 Å². The van der Waals surface area contributed by atoms with Crippen molar-refractivity contribution < 1.29 is 9.66 Å². The van der Waals surface area contributed by atoms with E-state index >= 15 is 0 Å². The summed E-state index contributed by atoms with van der Waals surface area (Å²) in [7, 11) is 0. The Morgan fingerprint density at radius 3 is 2.96 bits per heavy atom. The molecule has 0 N–H and O–H groups in total. The number of hydrogen-bond acceptors (Lipinski definition) is 5. The molecule has 0 saturated carbocycles. The van der Waals surface area contributed by atoms with Crippen molar-refractivity contribution >= 4 is 22.3 Å². The lowest BCUT2D eigenvalue weighted by Gasteiger charge is -2.25. The highest BCUT2D eigenvalue weighted by atomic mass is 16.6. The molecule has 2 aromatic rings. The highest BCUT2D eigenvalue weighted by Crippen LogP contribution is 2.33. The van der Waals surface area contributed by atoms with Gasteiger partial charge in [-0.25, -0.2) is 4.98 Å². The number of aromatic nitrogens is 1. The number of non-ortho nitro benzene ring substituents is 1. The summed E-state index contributed by atoms with van der Waals surface area (Å²) in [6, 6.07) is 7.24. The predicted molar refractivity (Wildman–Crippen MR) is 99.2 cm³/mol. The highest BCUT2D eigenvalue weighted by Gasteiger charge is 2.22. The van der Waals surface area contributed by atoms with E-state index in [9.17, 15) is 10.1 Å². The van der Waals surface area contributed by atoms with E-state index in [4.69, 9.17) is 4.74 Å². The summed E-state index contributed by atoms with van der Waals surface area (Å²) in [5.74, 6) is 0. The van der Waals surface area contributed by atoms with Crippen molar-refractivity contribution in [2.75, 3.05) is 24.6 Å². The number of aryl methyl sites for hydroxylation is 1. The summed E-state index contributed by atoms with van der Waals surface area (Å²) >= 11 is 0. The number of nitro groups is 1. The molecule has 0 amide bonds. The second-order valence-corrected chi connectivity index (χ2v) is 6.62. The lowest BCUT2D eigenvalue weighted by molar-refractivity contribution is -0.383. The van der Waals surface area contributed by atoms with Gasteiger partial charge in [-0.15, -0.1) is 0 Å². The van der Waals surface area contributed by atoms with Crippen molar-refractivity contribution in [2.24, 2.45) is 0 Å². The molecule has 0 spiro atoms. The van der Waals surface area contributed by atoms with E-state index in [0.717, 1.165) is 62.1 Å². The summed E-state index contributed by atoms with van der Waals surface area (Å²) in [5, 5.41) is 12.2. The van der Waals surface area contributed by atoms with Crippen molar-refractivity contribution in [3.8, 4) is 0 Å². The molecule has 1 unspecified atom stereocenters. The monoisotopic (exact) mass is 343 g/mol. The number of nitro benzene ring substituents is 1. The first kappa shape index (κ1) is 17.6. The largest absolute Gasteiger partial charge is 0.378 e. The third-order valence-corrected chi connectivity index (χ3v) is 4.69. The molecule has 25 heavy (non-hydrogen) atoms. The van der Waals surface area contributed by atoms with Gasteiger partial charge < -0.3 is 9.64 Å². The van der Waals surface area contributed by atoms with Gasteiger partial charge in [0.25, 0.3) is 5.69 Å². The smallest absolute Gasteiger partial charge is 0.295 e. The second-order valence-electron chi connectivity index (χ2n) is 6.62. The quantitative estimate of drug-likeness (QED) is 0.600. The molecule has 1 aliphatic heterocycles. The van der Waals surface area contributed by atoms with Crippen LogP contribution in [0.15, 0.2) is 24.3 Å². The molecule has 6 heteroatoms. The molecule has 1 fully saturated rings. The minimum absolute atomic E-state index is 0.0708. The van der Waals surface area contributed by atoms with Crippen LogP contribution in [0.1, 0.15) is 38.3 Å². The van der Waals surface area contributed by atoms with Crippen LogP contribution in [0.25, 0.3) is 10.9 Å². The van der Waals surface area contributed by atoms with Gasteiger partial charge >= 0.3 is 0 Å². The molecule has 1 atom stereocenters. The van der Waals surface area contributed by atoms with Gasteiger partial charge in [-0.2, -0.15) is 0 Å². The summed E-state index contributed by atoms with van der Waals surface area (Å²) < 4.78 is 5.93. The SMILES string of the molecule is CCCOC1CCCN(c2cc(C)nc3c([N+](=O)[O-])cccc23)CC1. The first-order valence-corrected chi connectivity index (χ1v) is 9.01. The normalized spacial score (nSPS) is 18.3. The Morgan fingerprint density at radius 1 is 1.36 bits per heavy atom. The Hall–Kier alpha value is -2.21. The number of fused-ring (bicyclic) bond motifs is 1. The Labute approximate surface area is 148 Å². The van der Waals surface area contributed by atoms with Crippen molar-refractivity contribution in [1.82, 2.24) is 4.98 Å². The van der Waals surface area contributed by atoms with E-state index in [-0.39, 0.29) is 10.6 Å². The third-order valence-electron chi connectivity index (χ3n) is 4.69. The highest BCUT2D eigenvalue weighted by molar-refractivity contribution is 5.97. The van der Waals surface area contributed by atoms with Crippen molar-refractivity contribution in [2.45, 2.75) is 45.6 Å². The lowest BCUT2D eigenvalue weighted by Crippen LogP contribution is -2.25. The number of ether oxygens (including phenoxy) is 1. The van der Waals surface area contributed by atoms with Gasteiger partial charge in [-0.1, -0.05) is 19.1 Å². The first-order valence-electron chi connectivity index (χ1n) is 9.01. The molecule has 0 aliphatic carbocycles. The number of para-hydroxylation sites is 1. The number of nitrogens with zero attached hydrogens (tertiary/aromatic N) is 3. The van der Waals surface area contributed by atoms with E-state index in [1.807, 2.05) is 19.1 Å². The minimum Gasteiger partial charge on any atom is -0.378 e. The zero-order valence-electron chi connectivity index (χ0n) is 14.9. The lowest BCUT2D eigenvalue weighted by atomic mass is 10.1. The Bertz CT molecular complexity index is 763. The first-order chi connectivity index (χ1) is 12.1. The molecule has 1 aromatic carbocycles. The summed E-state index contributed by atoms with van der Waals surface area (Å²) in [6.45, 7) is 6.67. The number of anilines is 1. The number of pyridine rings is 1. The van der Waals surface area contributed by atoms with Gasteiger partial charge in [0.1, 0.15) is 0 Å². The topological polar surface area (TPSA) is 68.5 Å². The maximum atomic E-state index is 11.3. The van der Waals surface area contributed by atoms with Crippen molar-refractivity contribution in [3.63, 3.8) is 0 Å². The zero-order valence-corrected chi connectivity index (χ0v) is 14.9. The molecule has 6 nitrogen and oxygen atoms in total. The van der Waals surface area contributed by atoms with Crippen molar-refractivity contribution in [3.05, 3.63) is 40.1 Å². The minimum atomic E-state index is -0.352. The van der Waals surface area contributed by atoms with E-state index in [1.54, 1.807) is 6.07 Å². The van der Waals surface area contributed by atoms with Crippen LogP contribution >= 0.6 is 0 Å². The molecule has 134 valence electrons. The van der Waals surface area contributed by atoms with Gasteiger partial charge in [0.15, 0.2) is 5.52 Å². The Morgan fingerprint density at radius 2 is 2.20 bits per heavy atom. The fourth-order valence-electron chi connectivity index (χ4n) is 3.51.